The minimum atomic E-state index is -4.38. The average Bonchev–Trinajstić information content (AvgIpc) is 3.27. The number of carbonyl (C=O) groups is 1. The van der Waals surface area contributed by atoms with Crippen LogP contribution in [-0.4, -0.2) is 51.6 Å². The Bertz CT molecular complexity index is 1290. The molecule has 34 heavy (non-hydrogen) atoms. The van der Waals surface area contributed by atoms with Crippen LogP contribution in [0.3, 0.4) is 0 Å². The van der Waals surface area contributed by atoms with Crippen LogP contribution in [0.5, 0.6) is 0 Å². The van der Waals surface area contributed by atoms with Gasteiger partial charge in [0.25, 0.3) is 0 Å². The molecular formula is C24H25F3N6O. The molecule has 0 spiro atoms. The van der Waals surface area contributed by atoms with Crippen LogP contribution in [0.15, 0.2) is 30.5 Å². The largest absolute Gasteiger partial charge is 0.416 e. The zero-order valence-corrected chi connectivity index (χ0v) is 18.8. The van der Waals surface area contributed by atoms with Crippen molar-refractivity contribution < 1.29 is 18.0 Å². The van der Waals surface area contributed by atoms with Crippen molar-refractivity contribution in [2.24, 2.45) is 5.41 Å². The highest BCUT2D eigenvalue weighted by Crippen LogP contribution is 2.40. The number of halogens is 3. The standard InChI is InChI=1S/C24H25F3N6O/c1-23(22(34)31-10-7-16-15(12-31)3-2-4-18(16)24(25,26)27)13-32(14-23)21-17-5-8-28-11-19(17)30-20-6-9-29-33(20)21/h2-4,6,9,28H,5,7-8,10-14H2,1H3. The fraction of sp³-hybridized carbons (Fsp3) is 0.458. The van der Waals surface area contributed by atoms with Crippen LogP contribution >= 0.6 is 0 Å². The lowest BCUT2D eigenvalue weighted by Gasteiger charge is -2.50. The number of fused-ring (bicyclic) bond motifs is 3. The smallest absolute Gasteiger partial charge is 0.354 e. The summed E-state index contributed by atoms with van der Waals surface area (Å²) in [6, 6.07) is 6.13. The predicted molar refractivity (Wildman–Crippen MR) is 119 cm³/mol. The van der Waals surface area contributed by atoms with E-state index in [0.29, 0.717) is 37.3 Å². The number of hydrogen-bond donors (Lipinski definition) is 1. The first-order chi connectivity index (χ1) is 16.2. The maximum atomic E-state index is 13.5. The van der Waals surface area contributed by atoms with Crippen LogP contribution in [0, 0.1) is 5.41 Å². The number of nitrogens with one attached hydrogen (secondary N) is 1. The number of carbonyl (C=O) groups excluding carboxylic acids is 1. The minimum Gasteiger partial charge on any atom is -0.354 e. The molecule has 3 aromatic rings. The van der Waals surface area contributed by atoms with Gasteiger partial charge in [-0.2, -0.15) is 22.8 Å². The molecule has 0 bridgehead atoms. The van der Waals surface area contributed by atoms with E-state index in [1.165, 1.54) is 6.07 Å². The highest BCUT2D eigenvalue weighted by atomic mass is 19.4. The Morgan fingerprint density at radius 3 is 2.76 bits per heavy atom. The van der Waals surface area contributed by atoms with Gasteiger partial charge < -0.3 is 15.1 Å². The highest BCUT2D eigenvalue weighted by molar-refractivity contribution is 5.86. The molecule has 6 rings (SSSR count). The second kappa shape index (κ2) is 7.43. The van der Waals surface area contributed by atoms with Crippen molar-refractivity contribution >= 4 is 17.4 Å². The van der Waals surface area contributed by atoms with Crippen LogP contribution in [0.4, 0.5) is 19.0 Å². The molecule has 0 radical (unpaired) electrons. The van der Waals surface area contributed by atoms with Crippen molar-refractivity contribution in [2.45, 2.75) is 39.0 Å². The number of aromatic nitrogens is 3. The second-order valence-corrected chi connectivity index (χ2v) is 9.72. The number of amides is 1. The van der Waals surface area contributed by atoms with Gasteiger partial charge in [-0.3, -0.25) is 4.79 Å². The van der Waals surface area contributed by atoms with Crippen molar-refractivity contribution in [2.75, 3.05) is 31.1 Å². The maximum Gasteiger partial charge on any atom is 0.416 e. The van der Waals surface area contributed by atoms with Gasteiger partial charge in [-0.05, 0) is 43.5 Å². The molecule has 3 aliphatic rings. The van der Waals surface area contributed by atoms with Crippen LogP contribution < -0.4 is 10.2 Å². The van der Waals surface area contributed by atoms with Gasteiger partial charge in [-0.25, -0.2) is 4.98 Å². The van der Waals surface area contributed by atoms with Gasteiger partial charge in [-0.15, -0.1) is 0 Å². The van der Waals surface area contributed by atoms with Gasteiger partial charge in [0.1, 0.15) is 5.82 Å². The number of rotatable bonds is 2. The molecule has 5 heterocycles. The molecule has 10 heteroatoms. The highest BCUT2D eigenvalue weighted by Gasteiger charge is 2.49. The Hall–Kier alpha value is -3.14. The first-order valence-corrected chi connectivity index (χ1v) is 11.5. The molecule has 1 aromatic carbocycles. The van der Waals surface area contributed by atoms with Crippen LogP contribution in [0.2, 0.25) is 0 Å². The van der Waals surface area contributed by atoms with Crippen molar-refractivity contribution in [3.8, 4) is 0 Å². The lowest BCUT2D eigenvalue weighted by molar-refractivity contribution is -0.144. The van der Waals surface area contributed by atoms with Crippen LogP contribution in [-0.2, 0) is 36.9 Å². The summed E-state index contributed by atoms with van der Waals surface area (Å²) in [6.45, 7) is 5.12. The number of anilines is 1. The number of benzene rings is 1. The Kier molecular flexibility index (Phi) is 4.68. The number of nitrogens with zero attached hydrogens (tertiary/aromatic N) is 5. The van der Waals surface area contributed by atoms with E-state index in [1.54, 1.807) is 17.2 Å². The molecular weight excluding hydrogens is 445 g/mol. The van der Waals surface area contributed by atoms with E-state index in [2.05, 4.69) is 15.3 Å². The zero-order chi connectivity index (χ0) is 23.7. The lowest BCUT2D eigenvalue weighted by Crippen LogP contribution is -2.63. The Labute approximate surface area is 194 Å². The molecule has 0 aliphatic carbocycles. The third-order valence-corrected chi connectivity index (χ3v) is 7.29. The maximum absolute atomic E-state index is 13.5. The lowest BCUT2D eigenvalue weighted by atomic mass is 9.79. The molecule has 1 N–H and O–H groups in total. The summed E-state index contributed by atoms with van der Waals surface area (Å²) in [7, 11) is 0. The molecule has 178 valence electrons. The van der Waals surface area contributed by atoms with E-state index in [0.717, 1.165) is 41.8 Å². The van der Waals surface area contributed by atoms with E-state index in [-0.39, 0.29) is 18.9 Å². The second-order valence-electron chi connectivity index (χ2n) is 9.72. The van der Waals surface area contributed by atoms with E-state index >= 15 is 0 Å². The van der Waals surface area contributed by atoms with Gasteiger partial charge in [0.2, 0.25) is 5.91 Å². The monoisotopic (exact) mass is 470 g/mol. The summed E-state index contributed by atoms with van der Waals surface area (Å²) in [4.78, 5) is 22.1. The summed E-state index contributed by atoms with van der Waals surface area (Å²) >= 11 is 0. The van der Waals surface area contributed by atoms with E-state index in [4.69, 9.17) is 4.98 Å². The quantitative estimate of drug-likeness (QED) is 0.624. The predicted octanol–water partition coefficient (Wildman–Crippen LogP) is 2.81. The molecule has 0 saturated carbocycles. The average molecular weight is 470 g/mol. The topological polar surface area (TPSA) is 65.8 Å². The normalized spacial score (nSPS) is 19.5. The molecule has 0 unspecified atom stereocenters. The van der Waals surface area contributed by atoms with Crippen molar-refractivity contribution in [1.29, 1.82) is 0 Å². The van der Waals surface area contributed by atoms with E-state index in [9.17, 15) is 18.0 Å². The van der Waals surface area contributed by atoms with Crippen molar-refractivity contribution in [3.05, 3.63) is 58.4 Å². The Balaban J connectivity index is 1.23. The molecule has 2 aromatic heterocycles. The molecule has 7 nitrogen and oxygen atoms in total. The molecule has 1 saturated heterocycles. The van der Waals surface area contributed by atoms with Crippen LogP contribution in [0.1, 0.15) is 34.9 Å². The van der Waals surface area contributed by atoms with Gasteiger partial charge in [0.05, 0.1) is 22.9 Å². The first kappa shape index (κ1) is 21.4. The molecule has 1 fully saturated rings. The number of alkyl halides is 3. The summed E-state index contributed by atoms with van der Waals surface area (Å²) < 4.78 is 42.0. The minimum absolute atomic E-state index is 0.00638. The Morgan fingerprint density at radius 1 is 1.15 bits per heavy atom. The van der Waals surface area contributed by atoms with Crippen molar-refractivity contribution in [1.82, 2.24) is 24.8 Å². The zero-order valence-electron chi connectivity index (χ0n) is 18.8. The van der Waals surface area contributed by atoms with Gasteiger partial charge in [-0.1, -0.05) is 12.1 Å². The third-order valence-electron chi connectivity index (χ3n) is 7.29. The van der Waals surface area contributed by atoms with Gasteiger partial charge in [0, 0.05) is 44.4 Å². The number of hydrogen-bond acceptors (Lipinski definition) is 5. The van der Waals surface area contributed by atoms with Crippen LogP contribution in [0.25, 0.3) is 5.65 Å². The van der Waals surface area contributed by atoms with Gasteiger partial charge >= 0.3 is 6.18 Å². The summed E-state index contributed by atoms with van der Waals surface area (Å²) in [5.74, 6) is 0.990. The molecule has 0 atom stereocenters. The summed E-state index contributed by atoms with van der Waals surface area (Å²) in [5, 5.41) is 7.83. The van der Waals surface area contributed by atoms with Gasteiger partial charge in [0.15, 0.2) is 5.65 Å². The van der Waals surface area contributed by atoms with Crippen molar-refractivity contribution in [3.63, 3.8) is 0 Å². The van der Waals surface area contributed by atoms with E-state index < -0.39 is 17.2 Å². The summed E-state index contributed by atoms with van der Waals surface area (Å²) in [6.07, 6.45) is -1.58. The third kappa shape index (κ3) is 3.26. The molecule has 1 amide bonds. The fourth-order valence-corrected chi connectivity index (χ4v) is 5.67. The Morgan fingerprint density at radius 2 is 1.97 bits per heavy atom. The summed E-state index contributed by atoms with van der Waals surface area (Å²) in [5.41, 5.74) is 2.68. The van der Waals surface area contributed by atoms with E-state index in [1.807, 2.05) is 17.5 Å². The SMILES string of the molecule is CC1(C(=O)N2CCc3c(cccc3C(F)(F)F)C2)CN(c2c3c(nc4ccnn24)CNCC3)C1. The fourth-order valence-electron chi connectivity index (χ4n) is 5.67. The first-order valence-electron chi connectivity index (χ1n) is 11.5. The molecule has 3 aliphatic heterocycles.